The highest BCUT2D eigenvalue weighted by Crippen LogP contribution is 2.09. The summed E-state index contributed by atoms with van der Waals surface area (Å²) in [7, 11) is -1.52. The maximum atomic E-state index is 9.07. The van der Waals surface area contributed by atoms with Gasteiger partial charge < -0.3 is 15.2 Å². The van der Waals surface area contributed by atoms with Crippen LogP contribution in [0, 0.1) is 11.3 Å². The molecule has 0 saturated heterocycles. The van der Waals surface area contributed by atoms with Gasteiger partial charge in [0, 0.05) is 0 Å². The highest BCUT2D eigenvalue weighted by atomic mass is 16.4. The number of nitriles is 1. The minimum absolute atomic E-state index is 0.328. The molecular weight excluding hydrogens is 169 g/mol. The van der Waals surface area contributed by atoms with Crippen molar-refractivity contribution >= 4 is 12.6 Å². The molecular formula is C8H8BNO3. The summed E-state index contributed by atoms with van der Waals surface area (Å²) in [6.07, 6.45) is -1.16. The molecule has 1 atom stereocenters. The lowest BCUT2D eigenvalue weighted by Crippen LogP contribution is -2.29. The van der Waals surface area contributed by atoms with Gasteiger partial charge in [-0.05, 0) is 11.0 Å². The van der Waals surface area contributed by atoms with Crippen LogP contribution in [-0.2, 0) is 0 Å². The molecule has 0 aliphatic rings. The maximum absolute atomic E-state index is 9.07. The maximum Gasteiger partial charge on any atom is 0.488 e. The van der Waals surface area contributed by atoms with E-state index in [9.17, 15) is 0 Å². The standard InChI is InChI=1S/C8H8BNO3/c10-5-8(11)6-1-3-7(4-2-6)9(12)13/h1-4,8,11-13H/t8-/m1/s1. The molecule has 1 rings (SSSR count). The van der Waals surface area contributed by atoms with Gasteiger partial charge in [0.2, 0.25) is 0 Å². The number of rotatable bonds is 2. The van der Waals surface area contributed by atoms with Crippen LogP contribution in [0.5, 0.6) is 0 Å². The number of hydrogen-bond donors (Lipinski definition) is 3. The fraction of sp³-hybridized carbons (Fsp3) is 0.125. The van der Waals surface area contributed by atoms with Crippen LogP contribution in [0.1, 0.15) is 11.7 Å². The van der Waals surface area contributed by atoms with Crippen molar-refractivity contribution in [3.05, 3.63) is 29.8 Å². The van der Waals surface area contributed by atoms with Crippen LogP contribution in [0.3, 0.4) is 0 Å². The predicted octanol–water partition coefficient (Wildman–Crippen LogP) is -1.08. The Kier molecular flexibility index (Phi) is 3.04. The molecule has 13 heavy (non-hydrogen) atoms. The van der Waals surface area contributed by atoms with E-state index >= 15 is 0 Å². The summed E-state index contributed by atoms with van der Waals surface area (Å²) in [5.41, 5.74) is 0.765. The van der Waals surface area contributed by atoms with Crippen molar-refractivity contribution in [3.63, 3.8) is 0 Å². The predicted molar refractivity (Wildman–Crippen MR) is 46.8 cm³/mol. The highest BCUT2D eigenvalue weighted by Gasteiger charge is 2.11. The molecule has 0 radical (unpaired) electrons. The normalized spacial score (nSPS) is 11.8. The second kappa shape index (κ2) is 4.05. The van der Waals surface area contributed by atoms with E-state index in [4.69, 9.17) is 20.4 Å². The van der Waals surface area contributed by atoms with E-state index < -0.39 is 13.2 Å². The minimum Gasteiger partial charge on any atom is -0.423 e. The van der Waals surface area contributed by atoms with Gasteiger partial charge in [0.25, 0.3) is 0 Å². The molecule has 0 aliphatic heterocycles. The lowest BCUT2D eigenvalue weighted by Gasteiger charge is -2.03. The Hall–Kier alpha value is -1.35. The summed E-state index contributed by atoms with van der Waals surface area (Å²) in [6, 6.07) is 7.50. The van der Waals surface area contributed by atoms with Crippen molar-refractivity contribution < 1.29 is 15.2 Å². The van der Waals surface area contributed by atoms with Crippen molar-refractivity contribution in [2.24, 2.45) is 0 Å². The largest absolute Gasteiger partial charge is 0.488 e. The molecule has 0 spiro atoms. The van der Waals surface area contributed by atoms with E-state index in [0.29, 0.717) is 11.0 Å². The molecule has 4 nitrogen and oxygen atoms in total. The quantitative estimate of drug-likeness (QED) is 0.396. The van der Waals surface area contributed by atoms with Crippen LogP contribution in [0.2, 0.25) is 0 Å². The average molecular weight is 177 g/mol. The van der Waals surface area contributed by atoms with Crippen molar-refractivity contribution in [1.29, 1.82) is 5.26 Å². The lowest BCUT2D eigenvalue weighted by molar-refractivity contribution is 0.236. The van der Waals surface area contributed by atoms with E-state index in [1.807, 2.05) is 0 Å². The van der Waals surface area contributed by atoms with Crippen LogP contribution in [0.25, 0.3) is 0 Å². The van der Waals surface area contributed by atoms with Crippen molar-refractivity contribution in [2.45, 2.75) is 6.10 Å². The molecule has 0 amide bonds. The van der Waals surface area contributed by atoms with Gasteiger partial charge in [-0.2, -0.15) is 5.26 Å². The monoisotopic (exact) mass is 177 g/mol. The summed E-state index contributed by atoms with van der Waals surface area (Å²) < 4.78 is 0. The summed E-state index contributed by atoms with van der Waals surface area (Å²) in [6.45, 7) is 0. The summed E-state index contributed by atoms with van der Waals surface area (Å²) in [4.78, 5) is 0. The molecule has 1 aromatic carbocycles. The van der Waals surface area contributed by atoms with Crippen molar-refractivity contribution in [3.8, 4) is 6.07 Å². The Labute approximate surface area is 75.8 Å². The minimum atomic E-state index is -1.52. The summed E-state index contributed by atoms with van der Waals surface area (Å²) >= 11 is 0. The molecule has 0 saturated carbocycles. The zero-order valence-electron chi connectivity index (χ0n) is 6.75. The third kappa shape index (κ3) is 2.29. The van der Waals surface area contributed by atoms with E-state index in [0.717, 1.165) is 0 Å². The topological polar surface area (TPSA) is 84.5 Å². The first-order valence-corrected chi connectivity index (χ1v) is 3.69. The van der Waals surface area contributed by atoms with E-state index in [1.54, 1.807) is 6.07 Å². The van der Waals surface area contributed by atoms with Gasteiger partial charge in [-0.3, -0.25) is 0 Å². The highest BCUT2D eigenvalue weighted by molar-refractivity contribution is 6.58. The number of aliphatic hydroxyl groups excluding tert-OH is 1. The molecule has 66 valence electrons. The Balaban J connectivity index is 2.89. The van der Waals surface area contributed by atoms with Gasteiger partial charge in [-0.1, -0.05) is 24.3 Å². The third-order valence-electron chi connectivity index (χ3n) is 1.67. The second-order valence-electron chi connectivity index (χ2n) is 2.57. The van der Waals surface area contributed by atoms with Gasteiger partial charge in [0.05, 0.1) is 6.07 Å². The Bertz CT molecular complexity index is 317. The van der Waals surface area contributed by atoms with Crippen molar-refractivity contribution in [2.75, 3.05) is 0 Å². The fourth-order valence-electron chi connectivity index (χ4n) is 0.925. The molecule has 0 aliphatic carbocycles. The van der Waals surface area contributed by atoms with Gasteiger partial charge in [0.1, 0.15) is 0 Å². The third-order valence-corrected chi connectivity index (χ3v) is 1.67. The summed E-state index contributed by atoms with van der Waals surface area (Å²) in [5, 5.41) is 34.9. The van der Waals surface area contributed by atoms with E-state index in [-0.39, 0.29) is 0 Å². The molecule has 0 bridgehead atoms. The van der Waals surface area contributed by atoms with Gasteiger partial charge in [-0.15, -0.1) is 0 Å². The van der Waals surface area contributed by atoms with Crippen LogP contribution in [0.15, 0.2) is 24.3 Å². The average Bonchev–Trinajstić information content (AvgIpc) is 2.17. The van der Waals surface area contributed by atoms with Crippen LogP contribution in [0.4, 0.5) is 0 Å². The van der Waals surface area contributed by atoms with E-state index in [1.165, 1.54) is 24.3 Å². The Morgan fingerprint density at radius 1 is 1.23 bits per heavy atom. The van der Waals surface area contributed by atoms with Crippen LogP contribution in [-0.4, -0.2) is 22.3 Å². The molecule has 0 aromatic heterocycles. The smallest absolute Gasteiger partial charge is 0.423 e. The molecule has 0 fully saturated rings. The number of benzene rings is 1. The first kappa shape index (κ1) is 9.74. The fourth-order valence-corrected chi connectivity index (χ4v) is 0.925. The molecule has 0 heterocycles. The molecule has 3 N–H and O–H groups in total. The van der Waals surface area contributed by atoms with Gasteiger partial charge >= 0.3 is 7.12 Å². The number of nitrogens with zero attached hydrogens (tertiary/aromatic N) is 1. The van der Waals surface area contributed by atoms with Crippen molar-refractivity contribution in [1.82, 2.24) is 0 Å². The van der Waals surface area contributed by atoms with Crippen LogP contribution < -0.4 is 5.46 Å². The van der Waals surface area contributed by atoms with Crippen LogP contribution >= 0.6 is 0 Å². The molecule has 5 heteroatoms. The molecule has 0 unspecified atom stereocenters. The zero-order chi connectivity index (χ0) is 9.84. The van der Waals surface area contributed by atoms with Gasteiger partial charge in [-0.25, -0.2) is 0 Å². The Morgan fingerprint density at radius 2 is 1.77 bits per heavy atom. The first-order valence-electron chi connectivity index (χ1n) is 3.69. The SMILES string of the molecule is N#C[C@@H](O)c1ccc(B(O)O)cc1. The Morgan fingerprint density at radius 3 is 2.15 bits per heavy atom. The first-order chi connectivity index (χ1) is 6.15. The lowest BCUT2D eigenvalue weighted by atomic mass is 9.80. The zero-order valence-corrected chi connectivity index (χ0v) is 6.75. The summed E-state index contributed by atoms with van der Waals surface area (Å²) in [5.74, 6) is 0. The van der Waals surface area contributed by atoms with E-state index in [2.05, 4.69) is 0 Å². The second-order valence-corrected chi connectivity index (χ2v) is 2.57. The number of hydrogen-bond acceptors (Lipinski definition) is 4. The molecule has 1 aromatic rings. The van der Waals surface area contributed by atoms with Gasteiger partial charge in [0.15, 0.2) is 6.10 Å². The number of aliphatic hydroxyl groups is 1.